The number of hydrogen-bond acceptors (Lipinski definition) is 3. The summed E-state index contributed by atoms with van der Waals surface area (Å²) in [4.78, 5) is 16.8. The lowest BCUT2D eigenvalue weighted by Gasteiger charge is -2.06. The average molecular weight is 372 g/mol. The number of hydrogen-bond donors (Lipinski definition) is 1. The molecule has 0 fully saturated rings. The van der Waals surface area contributed by atoms with Crippen molar-refractivity contribution < 1.29 is 4.79 Å². The summed E-state index contributed by atoms with van der Waals surface area (Å²) in [6, 6.07) is 26.5. The number of rotatable bonds is 6. The summed E-state index contributed by atoms with van der Waals surface area (Å²) in [5, 5.41) is 4.06. The Balaban J connectivity index is 1.29. The number of carbonyl (C=O) groups is 1. The molecule has 0 radical (unpaired) electrons. The van der Waals surface area contributed by atoms with Gasteiger partial charge < -0.3 is 5.32 Å². The van der Waals surface area contributed by atoms with Crippen LogP contribution in [0, 0.1) is 0 Å². The molecule has 0 spiro atoms. The van der Waals surface area contributed by atoms with E-state index in [4.69, 9.17) is 0 Å². The van der Waals surface area contributed by atoms with Crippen molar-refractivity contribution in [3.63, 3.8) is 0 Å². The molecule has 1 aromatic heterocycles. The van der Waals surface area contributed by atoms with Gasteiger partial charge in [0.25, 0.3) is 0 Å². The summed E-state index contributed by atoms with van der Waals surface area (Å²) in [6.07, 6.45) is 1.16. The van der Waals surface area contributed by atoms with Gasteiger partial charge in [0.2, 0.25) is 5.91 Å². The van der Waals surface area contributed by atoms with Crippen molar-refractivity contribution in [3.8, 4) is 11.1 Å². The lowest BCUT2D eigenvalue weighted by Crippen LogP contribution is -2.27. The Morgan fingerprint density at radius 3 is 2.33 bits per heavy atom. The van der Waals surface area contributed by atoms with Gasteiger partial charge in [0, 0.05) is 13.0 Å². The number of aromatic nitrogens is 1. The van der Waals surface area contributed by atoms with E-state index in [0.29, 0.717) is 13.0 Å². The zero-order valence-electron chi connectivity index (χ0n) is 14.9. The van der Waals surface area contributed by atoms with Crippen molar-refractivity contribution in [3.05, 3.63) is 89.4 Å². The van der Waals surface area contributed by atoms with Crippen LogP contribution in [-0.4, -0.2) is 17.4 Å². The molecule has 0 unspecified atom stereocenters. The van der Waals surface area contributed by atoms with Gasteiger partial charge in [-0.3, -0.25) is 4.79 Å². The van der Waals surface area contributed by atoms with Gasteiger partial charge in [0.05, 0.1) is 21.6 Å². The van der Waals surface area contributed by atoms with Crippen molar-refractivity contribution in [2.75, 3.05) is 6.54 Å². The summed E-state index contributed by atoms with van der Waals surface area (Å²) < 4.78 is 1.19. The molecule has 1 amide bonds. The minimum atomic E-state index is 0.0450. The van der Waals surface area contributed by atoms with Gasteiger partial charge in [0.1, 0.15) is 0 Å². The number of fused-ring (bicyclic) bond motifs is 1. The van der Waals surface area contributed by atoms with E-state index < -0.39 is 0 Å². The number of para-hydroxylation sites is 1. The van der Waals surface area contributed by atoms with Crippen LogP contribution in [0.2, 0.25) is 0 Å². The molecule has 4 rings (SSSR count). The minimum absolute atomic E-state index is 0.0450. The van der Waals surface area contributed by atoms with Crippen LogP contribution in [0.15, 0.2) is 78.9 Å². The first-order valence-corrected chi connectivity index (χ1v) is 9.85. The molecule has 1 heterocycles. The molecular formula is C23H20N2OS. The molecule has 134 valence electrons. The van der Waals surface area contributed by atoms with E-state index in [1.54, 1.807) is 11.3 Å². The third-order valence-electron chi connectivity index (χ3n) is 4.42. The summed E-state index contributed by atoms with van der Waals surface area (Å²) in [7, 11) is 0. The van der Waals surface area contributed by atoms with Crippen molar-refractivity contribution in [2.45, 2.75) is 12.8 Å². The molecule has 3 nitrogen and oxygen atoms in total. The molecule has 0 aliphatic carbocycles. The molecule has 0 saturated heterocycles. The smallest absolute Gasteiger partial charge is 0.224 e. The molecule has 0 atom stereocenters. The number of carbonyl (C=O) groups excluding carboxylic acids is 1. The molecule has 27 heavy (non-hydrogen) atoms. The van der Waals surface area contributed by atoms with Crippen LogP contribution >= 0.6 is 11.3 Å². The van der Waals surface area contributed by atoms with E-state index in [2.05, 4.69) is 40.6 Å². The maximum atomic E-state index is 12.2. The van der Waals surface area contributed by atoms with Gasteiger partial charge in [-0.15, -0.1) is 11.3 Å². The fourth-order valence-electron chi connectivity index (χ4n) is 3.03. The second-order valence-corrected chi connectivity index (χ2v) is 7.53. The summed E-state index contributed by atoms with van der Waals surface area (Å²) in [6.45, 7) is 0.612. The molecule has 0 aliphatic rings. The fraction of sp³-hybridized carbons (Fsp3) is 0.130. The SMILES string of the molecule is O=C(Cc1ccc(-c2ccccc2)cc1)NCCc1nc2ccccc2s1. The van der Waals surface area contributed by atoms with Crippen LogP contribution in [0.1, 0.15) is 10.6 Å². The van der Waals surface area contributed by atoms with Gasteiger partial charge >= 0.3 is 0 Å². The first-order chi connectivity index (χ1) is 13.3. The second-order valence-electron chi connectivity index (χ2n) is 6.42. The molecular weight excluding hydrogens is 352 g/mol. The Bertz CT molecular complexity index is 1010. The number of nitrogens with one attached hydrogen (secondary N) is 1. The fourth-order valence-corrected chi connectivity index (χ4v) is 4.00. The lowest BCUT2D eigenvalue weighted by molar-refractivity contribution is -0.120. The molecule has 4 aromatic rings. The van der Waals surface area contributed by atoms with Gasteiger partial charge in [-0.1, -0.05) is 66.7 Å². The maximum absolute atomic E-state index is 12.2. The monoisotopic (exact) mass is 372 g/mol. The van der Waals surface area contributed by atoms with Crippen LogP contribution in [-0.2, 0) is 17.6 Å². The van der Waals surface area contributed by atoms with E-state index >= 15 is 0 Å². The van der Waals surface area contributed by atoms with E-state index in [1.807, 2.05) is 48.5 Å². The number of nitrogens with zero attached hydrogens (tertiary/aromatic N) is 1. The van der Waals surface area contributed by atoms with E-state index in [0.717, 1.165) is 28.1 Å². The molecule has 3 aromatic carbocycles. The van der Waals surface area contributed by atoms with Crippen LogP contribution in [0.4, 0.5) is 0 Å². The highest BCUT2D eigenvalue weighted by atomic mass is 32.1. The Hall–Kier alpha value is -2.98. The zero-order valence-corrected chi connectivity index (χ0v) is 15.7. The Labute approximate surface area is 162 Å². The van der Waals surface area contributed by atoms with Crippen LogP contribution < -0.4 is 5.32 Å². The highest BCUT2D eigenvalue weighted by Crippen LogP contribution is 2.22. The van der Waals surface area contributed by atoms with Crippen molar-refractivity contribution in [1.29, 1.82) is 0 Å². The van der Waals surface area contributed by atoms with Crippen molar-refractivity contribution in [1.82, 2.24) is 10.3 Å². The first kappa shape index (κ1) is 17.4. The van der Waals surface area contributed by atoms with Crippen LogP contribution in [0.25, 0.3) is 21.3 Å². The van der Waals surface area contributed by atoms with Gasteiger partial charge in [-0.2, -0.15) is 0 Å². The predicted octanol–water partition coefficient (Wildman–Crippen LogP) is 4.86. The van der Waals surface area contributed by atoms with E-state index in [9.17, 15) is 4.79 Å². The maximum Gasteiger partial charge on any atom is 0.224 e. The van der Waals surface area contributed by atoms with Gasteiger partial charge in [0.15, 0.2) is 0 Å². The summed E-state index contributed by atoms with van der Waals surface area (Å²) in [5.74, 6) is 0.0450. The van der Waals surface area contributed by atoms with Crippen molar-refractivity contribution in [2.24, 2.45) is 0 Å². The van der Waals surface area contributed by atoms with Gasteiger partial charge in [-0.05, 0) is 28.8 Å². The summed E-state index contributed by atoms with van der Waals surface area (Å²) in [5.41, 5.74) is 4.40. The quantitative estimate of drug-likeness (QED) is 0.525. The molecule has 1 N–H and O–H groups in total. The number of thiazole rings is 1. The number of amides is 1. The largest absolute Gasteiger partial charge is 0.355 e. The average Bonchev–Trinajstić information content (AvgIpc) is 3.12. The molecule has 0 bridgehead atoms. The van der Waals surface area contributed by atoms with E-state index in [1.165, 1.54) is 10.3 Å². The minimum Gasteiger partial charge on any atom is -0.355 e. The highest BCUT2D eigenvalue weighted by molar-refractivity contribution is 7.18. The second kappa shape index (κ2) is 8.14. The molecule has 0 aliphatic heterocycles. The Morgan fingerprint density at radius 2 is 1.56 bits per heavy atom. The van der Waals surface area contributed by atoms with E-state index in [-0.39, 0.29) is 5.91 Å². The first-order valence-electron chi connectivity index (χ1n) is 9.03. The van der Waals surface area contributed by atoms with Crippen molar-refractivity contribution >= 4 is 27.5 Å². The number of benzene rings is 3. The predicted molar refractivity (Wildman–Crippen MR) is 112 cm³/mol. The summed E-state index contributed by atoms with van der Waals surface area (Å²) >= 11 is 1.69. The van der Waals surface area contributed by atoms with Gasteiger partial charge in [-0.25, -0.2) is 4.98 Å². The van der Waals surface area contributed by atoms with Crippen LogP contribution in [0.5, 0.6) is 0 Å². The third-order valence-corrected chi connectivity index (χ3v) is 5.52. The zero-order chi connectivity index (χ0) is 18.5. The Kier molecular flexibility index (Phi) is 5.26. The lowest BCUT2D eigenvalue weighted by atomic mass is 10.0. The molecule has 0 saturated carbocycles. The third kappa shape index (κ3) is 4.41. The standard InChI is InChI=1S/C23H20N2OS/c26-22(24-15-14-23-25-20-8-4-5-9-21(20)27-23)16-17-10-12-19(13-11-17)18-6-2-1-3-7-18/h1-13H,14-16H2,(H,24,26). The normalized spacial score (nSPS) is 10.8. The molecule has 4 heteroatoms. The Morgan fingerprint density at radius 1 is 0.852 bits per heavy atom. The topological polar surface area (TPSA) is 42.0 Å². The highest BCUT2D eigenvalue weighted by Gasteiger charge is 2.06. The van der Waals surface area contributed by atoms with Crippen LogP contribution in [0.3, 0.4) is 0 Å².